The molecule has 0 saturated heterocycles. The standard InChI is InChI=1S/C21H26ClFN6O3/c1-31-5-6-32-21(30)28-14-4-2-3-13(8-14)27-20-17(23)11-26-19(29-20)16-10-25-18-15(16)7-12(22)9-24-18/h7,9-11,13-14,20,27H,2-6,8H2,1H3,(H,24,25)(H,26,29)(H,28,30)/t13-,14+,20?/m0/s1. The number of aliphatic imine (C=N–C) groups is 1. The third kappa shape index (κ3) is 5.37. The highest BCUT2D eigenvalue weighted by atomic mass is 35.5. The molecular weight excluding hydrogens is 439 g/mol. The van der Waals surface area contributed by atoms with Crippen molar-refractivity contribution in [1.29, 1.82) is 0 Å². The van der Waals surface area contributed by atoms with Crippen molar-refractivity contribution in [1.82, 2.24) is 25.9 Å². The van der Waals surface area contributed by atoms with Crippen molar-refractivity contribution in [2.45, 2.75) is 43.9 Å². The van der Waals surface area contributed by atoms with E-state index >= 15 is 0 Å². The Morgan fingerprint density at radius 1 is 1.34 bits per heavy atom. The fraction of sp³-hybridized carbons (Fsp3) is 0.476. The summed E-state index contributed by atoms with van der Waals surface area (Å²) in [4.78, 5) is 23.8. The van der Waals surface area contributed by atoms with Gasteiger partial charge in [0.15, 0.2) is 12.0 Å². The Hall–Kier alpha value is -2.69. The van der Waals surface area contributed by atoms with Gasteiger partial charge in [0.1, 0.15) is 18.1 Å². The first-order chi connectivity index (χ1) is 15.5. The van der Waals surface area contributed by atoms with E-state index in [2.05, 4.69) is 30.9 Å². The summed E-state index contributed by atoms with van der Waals surface area (Å²) in [6, 6.07) is 1.75. The van der Waals surface area contributed by atoms with Gasteiger partial charge in [-0.05, 0) is 31.7 Å². The molecule has 0 radical (unpaired) electrons. The molecule has 1 amide bonds. The van der Waals surface area contributed by atoms with E-state index in [0.29, 0.717) is 29.5 Å². The van der Waals surface area contributed by atoms with Crippen LogP contribution in [0.4, 0.5) is 9.18 Å². The maximum atomic E-state index is 14.6. The molecule has 32 heavy (non-hydrogen) atoms. The summed E-state index contributed by atoms with van der Waals surface area (Å²) in [6.45, 7) is 0.552. The summed E-state index contributed by atoms with van der Waals surface area (Å²) in [5.41, 5.74) is 1.43. The summed E-state index contributed by atoms with van der Waals surface area (Å²) >= 11 is 6.09. The lowest BCUT2D eigenvalue weighted by atomic mass is 9.91. The van der Waals surface area contributed by atoms with Gasteiger partial charge in [-0.2, -0.15) is 0 Å². The molecule has 1 aliphatic heterocycles. The van der Waals surface area contributed by atoms with Gasteiger partial charge in [-0.15, -0.1) is 0 Å². The van der Waals surface area contributed by atoms with Gasteiger partial charge in [0.2, 0.25) is 0 Å². The molecule has 4 rings (SSSR count). The smallest absolute Gasteiger partial charge is 0.407 e. The summed E-state index contributed by atoms with van der Waals surface area (Å²) in [7, 11) is 1.55. The third-order valence-electron chi connectivity index (χ3n) is 5.53. The lowest BCUT2D eigenvalue weighted by molar-refractivity contribution is 0.0944. The number of hydrogen-bond donors (Lipinski definition) is 4. The predicted octanol–water partition coefficient (Wildman–Crippen LogP) is 2.98. The third-order valence-corrected chi connectivity index (χ3v) is 5.74. The summed E-state index contributed by atoms with van der Waals surface area (Å²) in [6.07, 6.45) is 6.63. The summed E-state index contributed by atoms with van der Waals surface area (Å²) in [5.74, 6) is 0.116. The Balaban J connectivity index is 1.40. The monoisotopic (exact) mass is 464 g/mol. The maximum Gasteiger partial charge on any atom is 0.407 e. The number of H-pyrrole nitrogens is 1. The quantitative estimate of drug-likeness (QED) is 0.469. The summed E-state index contributed by atoms with van der Waals surface area (Å²) in [5, 5.41) is 10.4. The number of pyridine rings is 1. The molecule has 0 spiro atoms. The lowest BCUT2D eigenvalue weighted by Crippen LogP contribution is -2.48. The van der Waals surface area contributed by atoms with Crippen LogP contribution >= 0.6 is 11.6 Å². The number of ether oxygens (including phenoxy) is 2. The van der Waals surface area contributed by atoms with Crippen LogP contribution in [0.1, 0.15) is 31.2 Å². The Morgan fingerprint density at radius 2 is 2.19 bits per heavy atom. The van der Waals surface area contributed by atoms with Gasteiger partial charge in [-0.25, -0.2) is 19.2 Å². The van der Waals surface area contributed by atoms with E-state index in [-0.39, 0.29) is 18.7 Å². The minimum atomic E-state index is -0.819. The molecule has 9 nitrogen and oxygen atoms in total. The van der Waals surface area contributed by atoms with Crippen LogP contribution in [-0.2, 0) is 9.47 Å². The van der Waals surface area contributed by atoms with Crippen molar-refractivity contribution in [2.75, 3.05) is 20.3 Å². The zero-order chi connectivity index (χ0) is 22.5. The topological polar surface area (TPSA) is 113 Å². The number of amidine groups is 1. The number of methoxy groups -OCH3 is 1. The molecular formula is C21H26ClFN6O3. The van der Waals surface area contributed by atoms with Crippen LogP contribution in [0.2, 0.25) is 5.02 Å². The van der Waals surface area contributed by atoms with Crippen molar-refractivity contribution in [3.8, 4) is 0 Å². The highest BCUT2D eigenvalue weighted by Crippen LogP contribution is 2.24. The van der Waals surface area contributed by atoms with E-state index in [1.54, 1.807) is 25.6 Å². The van der Waals surface area contributed by atoms with Crippen LogP contribution in [0.5, 0.6) is 0 Å². The number of aromatic amines is 1. The molecule has 4 N–H and O–H groups in total. The minimum absolute atomic E-state index is 0.000597. The molecule has 1 aliphatic carbocycles. The Morgan fingerprint density at radius 3 is 3.03 bits per heavy atom. The van der Waals surface area contributed by atoms with Crippen LogP contribution in [0, 0.1) is 0 Å². The first kappa shape index (κ1) is 22.5. The van der Waals surface area contributed by atoms with Crippen LogP contribution in [-0.4, -0.2) is 60.5 Å². The van der Waals surface area contributed by atoms with Crippen molar-refractivity contribution >= 4 is 34.6 Å². The Kier molecular flexibility index (Phi) is 7.23. The SMILES string of the molecule is COCCOC(=O)N[C@@H]1CCC[C@H](NC2N=C(c3c[nH]c4ncc(Cl)cc34)NC=C2F)C1. The maximum absolute atomic E-state index is 14.6. The van der Waals surface area contributed by atoms with Gasteiger partial charge in [0, 0.05) is 48.7 Å². The highest BCUT2D eigenvalue weighted by molar-refractivity contribution is 6.31. The number of amides is 1. The molecule has 2 aliphatic rings. The molecule has 2 aromatic rings. The van der Waals surface area contributed by atoms with E-state index in [1.165, 1.54) is 6.20 Å². The average Bonchev–Trinajstić information content (AvgIpc) is 3.19. The number of fused-ring (bicyclic) bond motifs is 1. The van der Waals surface area contributed by atoms with Crippen molar-refractivity contribution in [3.63, 3.8) is 0 Å². The second-order valence-corrected chi connectivity index (χ2v) is 8.24. The number of alkyl carbamates (subject to hydrolysis) is 1. The predicted molar refractivity (Wildman–Crippen MR) is 119 cm³/mol. The second kappa shape index (κ2) is 10.3. The van der Waals surface area contributed by atoms with E-state index in [9.17, 15) is 9.18 Å². The van der Waals surface area contributed by atoms with E-state index in [4.69, 9.17) is 21.1 Å². The Bertz CT molecular complexity index is 1030. The zero-order valence-corrected chi connectivity index (χ0v) is 18.4. The lowest BCUT2D eigenvalue weighted by Gasteiger charge is -2.32. The van der Waals surface area contributed by atoms with Gasteiger partial charge in [0.25, 0.3) is 0 Å². The number of halogens is 2. The van der Waals surface area contributed by atoms with Gasteiger partial charge in [-0.3, -0.25) is 5.32 Å². The molecule has 172 valence electrons. The van der Waals surface area contributed by atoms with Crippen LogP contribution in [0.3, 0.4) is 0 Å². The second-order valence-electron chi connectivity index (χ2n) is 7.81. The van der Waals surface area contributed by atoms with Gasteiger partial charge >= 0.3 is 6.09 Å². The van der Waals surface area contributed by atoms with Crippen molar-refractivity contribution in [2.24, 2.45) is 4.99 Å². The minimum Gasteiger partial charge on any atom is -0.447 e. The molecule has 0 bridgehead atoms. The van der Waals surface area contributed by atoms with Crippen LogP contribution in [0.25, 0.3) is 11.0 Å². The molecule has 1 saturated carbocycles. The molecule has 1 unspecified atom stereocenters. The fourth-order valence-electron chi connectivity index (χ4n) is 4.00. The normalized spacial score (nSPS) is 23.3. The molecule has 2 aromatic heterocycles. The van der Waals surface area contributed by atoms with Crippen molar-refractivity contribution in [3.05, 3.63) is 41.1 Å². The number of carbonyl (C=O) groups excluding carboxylic acids is 1. The fourth-order valence-corrected chi connectivity index (χ4v) is 4.16. The number of nitrogens with zero attached hydrogens (tertiary/aromatic N) is 2. The van der Waals surface area contributed by atoms with Gasteiger partial charge in [0.05, 0.1) is 11.6 Å². The number of rotatable bonds is 7. The number of hydrogen-bond acceptors (Lipinski definition) is 7. The van der Waals surface area contributed by atoms with E-state index < -0.39 is 18.1 Å². The van der Waals surface area contributed by atoms with E-state index in [1.807, 2.05) is 0 Å². The van der Waals surface area contributed by atoms with Gasteiger partial charge in [-0.1, -0.05) is 11.6 Å². The van der Waals surface area contributed by atoms with Gasteiger partial charge < -0.3 is 25.1 Å². The largest absolute Gasteiger partial charge is 0.447 e. The first-order valence-corrected chi connectivity index (χ1v) is 10.9. The first-order valence-electron chi connectivity index (χ1n) is 10.5. The zero-order valence-electron chi connectivity index (χ0n) is 17.7. The molecule has 1 fully saturated rings. The number of aromatic nitrogens is 2. The van der Waals surface area contributed by atoms with Crippen LogP contribution < -0.4 is 16.0 Å². The molecule has 11 heteroatoms. The summed E-state index contributed by atoms with van der Waals surface area (Å²) < 4.78 is 24.5. The molecule has 3 heterocycles. The molecule has 3 atom stereocenters. The van der Waals surface area contributed by atoms with Crippen molar-refractivity contribution < 1.29 is 18.7 Å². The number of nitrogens with one attached hydrogen (secondary N) is 4. The Labute approximate surface area is 189 Å². The number of carbonyl (C=O) groups is 1. The van der Waals surface area contributed by atoms with E-state index in [0.717, 1.165) is 30.2 Å². The molecule has 0 aromatic carbocycles. The van der Waals surface area contributed by atoms with Crippen LogP contribution in [0.15, 0.2) is 35.5 Å². The highest BCUT2D eigenvalue weighted by Gasteiger charge is 2.28. The average molecular weight is 465 g/mol.